The number of aromatic nitrogens is 2. The smallest absolute Gasteiger partial charge is 0.0921 e. The number of fused-ring (bicyclic) bond motifs is 3. The van der Waals surface area contributed by atoms with Crippen LogP contribution >= 0.6 is 0 Å². The van der Waals surface area contributed by atoms with E-state index in [4.69, 9.17) is 0 Å². The van der Waals surface area contributed by atoms with Crippen LogP contribution in [0.5, 0.6) is 0 Å². The van der Waals surface area contributed by atoms with Crippen LogP contribution in [-0.4, -0.2) is 15.1 Å². The Hall–Kier alpha value is -1.61. The Balaban J connectivity index is 1.94. The second-order valence-electron chi connectivity index (χ2n) is 5.84. The summed E-state index contributed by atoms with van der Waals surface area (Å²) in [5.74, 6) is 0.424. The molecule has 3 heteroatoms. The SMILES string of the molecule is OC1c2ccccc2C2CCCCC12c1cnc[nH]1. The van der Waals surface area contributed by atoms with Gasteiger partial charge in [0.2, 0.25) is 0 Å². The zero-order valence-electron chi connectivity index (χ0n) is 10.8. The highest BCUT2D eigenvalue weighted by Gasteiger charge is 2.55. The summed E-state index contributed by atoms with van der Waals surface area (Å²) in [7, 11) is 0. The first-order valence-electron chi connectivity index (χ1n) is 7.10. The molecule has 0 spiro atoms. The van der Waals surface area contributed by atoms with Crippen LogP contribution in [0.4, 0.5) is 0 Å². The summed E-state index contributed by atoms with van der Waals surface area (Å²) in [5, 5.41) is 11.0. The van der Waals surface area contributed by atoms with Gasteiger partial charge < -0.3 is 10.1 Å². The van der Waals surface area contributed by atoms with Crippen molar-refractivity contribution in [1.82, 2.24) is 9.97 Å². The predicted octanol–water partition coefficient (Wildman–Crippen LogP) is 3.05. The number of aliphatic hydroxyl groups excluding tert-OH is 1. The lowest BCUT2D eigenvalue weighted by molar-refractivity contribution is 0.0549. The highest BCUT2D eigenvalue weighted by Crippen LogP contribution is 2.61. The number of hydrogen-bond acceptors (Lipinski definition) is 2. The molecule has 1 heterocycles. The molecule has 4 rings (SSSR count). The highest BCUT2D eigenvalue weighted by atomic mass is 16.3. The van der Waals surface area contributed by atoms with Crippen LogP contribution in [0, 0.1) is 0 Å². The van der Waals surface area contributed by atoms with E-state index in [-0.39, 0.29) is 5.41 Å². The quantitative estimate of drug-likeness (QED) is 0.821. The van der Waals surface area contributed by atoms with E-state index in [2.05, 4.69) is 28.2 Å². The van der Waals surface area contributed by atoms with Gasteiger partial charge >= 0.3 is 0 Å². The first-order valence-corrected chi connectivity index (χ1v) is 7.10. The number of aliphatic hydroxyl groups is 1. The topological polar surface area (TPSA) is 48.9 Å². The van der Waals surface area contributed by atoms with Crippen LogP contribution < -0.4 is 0 Å². The van der Waals surface area contributed by atoms with E-state index >= 15 is 0 Å². The molecule has 0 saturated heterocycles. The molecule has 0 radical (unpaired) electrons. The van der Waals surface area contributed by atoms with Gasteiger partial charge in [0.15, 0.2) is 0 Å². The average Bonchev–Trinajstić information content (AvgIpc) is 3.07. The first-order chi connectivity index (χ1) is 9.34. The monoisotopic (exact) mass is 254 g/mol. The van der Waals surface area contributed by atoms with Crippen molar-refractivity contribution in [3.63, 3.8) is 0 Å². The molecule has 3 nitrogen and oxygen atoms in total. The van der Waals surface area contributed by atoms with Crippen LogP contribution in [0.1, 0.15) is 54.5 Å². The van der Waals surface area contributed by atoms with Crippen LogP contribution in [0.25, 0.3) is 0 Å². The minimum atomic E-state index is -0.408. The largest absolute Gasteiger partial charge is 0.387 e. The number of H-pyrrole nitrogens is 1. The Morgan fingerprint density at radius 3 is 2.84 bits per heavy atom. The fourth-order valence-electron chi connectivity index (χ4n) is 4.29. The third-order valence-corrected chi connectivity index (χ3v) is 5.11. The number of nitrogens with zero attached hydrogens (tertiary/aromatic N) is 1. The summed E-state index contributed by atoms with van der Waals surface area (Å²) in [4.78, 5) is 7.45. The van der Waals surface area contributed by atoms with Crippen LogP contribution in [-0.2, 0) is 5.41 Å². The maximum atomic E-state index is 11.0. The van der Waals surface area contributed by atoms with Gasteiger partial charge in [-0.3, -0.25) is 0 Å². The second kappa shape index (κ2) is 3.94. The first kappa shape index (κ1) is 11.2. The van der Waals surface area contributed by atoms with Crippen molar-refractivity contribution in [1.29, 1.82) is 0 Å². The normalized spacial score (nSPS) is 32.9. The Bertz CT molecular complexity index is 593. The third-order valence-electron chi connectivity index (χ3n) is 5.11. The Morgan fingerprint density at radius 2 is 2.05 bits per heavy atom. The van der Waals surface area contributed by atoms with E-state index in [0.717, 1.165) is 24.1 Å². The zero-order chi connectivity index (χ0) is 12.9. The van der Waals surface area contributed by atoms with Crippen molar-refractivity contribution in [2.75, 3.05) is 0 Å². The van der Waals surface area contributed by atoms with E-state index in [9.17, 15) is 5.11 Å². The molecule has 3 atom stereocenters. The van der Waals surface area contributed by atoms with Gasteiger partial charge in [-0.15, -0.1) is 0 Å². The van der Waals surface area contributed by atoms with Crippen molar-refractivity contribution in [3.05, 3.63) is 53.6 Å². The van der Waals surface area contributed by atoms with Gasteiger partial charge in [0.25, 0.3) is 0 Å². The molecule has 0 aliphatic heterocycles. The van der Waals surface area contributed by atoms with Crippen LogP contribution in [0.2, 0.25) is 0 Å². The van der Waals surface area contributed by atoms with Crippen molar-refractivity contribution < 1.29 is 5.11 Å². The van der Waals surface area contributed by atoms with Crippen molar-refractivity contribution in [3.8, 4) is 0 Å². The number of rotatable bonds is 1. The number of aromatic amines is 1. The number of nitrogens with one attached hydrogen (secondary N) is 1. The van der Waals surface area contributed by atoms with E-state index in [1.807, 2.05) is 12.3 Å². The van der Waals surface area contributed by atoms with Gasteiger partial charge in [0, 0.05) is 17.3 Å². The molecule has 2 aliphatic carbocycles. The lowest BCUT2D eigenvalue weighted by Crippen LogP contribution is -2.37. The molecule has 2 aliphatic rings. The van der Waals surface area contributed by atoms with E-state index < -0.39 is 6.10 Å². The Kier molecular flexibility index (Phi) is 2.33. The molecule has 0 amide bonds. The van der Waals surface area contributed by atoms with Gasteiger partial charge in [-0.05, 0) is 29.9 Å². The number of hydrogen-bond donors (Lipinski definition) is 2. The fraction of sp³-hybridized carbons (Fsp3) is 0.438. The molecule has 19 heavy (non-hydrogen) atoms. The number of imidazole rings is 1. The minimum absolute atomic E-state index is 0.182. The van der Waals surface area contributed by atoms with Crippen LogP contribution in [0.3, 0.4) is 0 Å². The van der Waals surface area contributed by atoms with E-state index in [1.54, 1.807) is 6.33 Å². The maximum absolute atomic E-state index is 11.0. The van der Waals surface area contributed by atoms with E-state index in [1.165, 1.54) is 18.4 Å². The van der Waals surface area contributed by atoms with Crippen molar-refractivity contribution in [2.45, 2.75) is 43.1 Å². The minimum Gasteiger partial charge on any atom is -0.387 e. The molecule has 2 N–H and O–H groups in total. The molecule has 0 bridgehead atoms. The Labute approximate surface area is 112 Å². The molecule has 2 aromatic rings. The molecule has 1 fully saturated rings. The second-order valence-corrected chi connectivity index (χ2v) is 5.84. The van der Waals surface area contributed by atoms with Crippen molar-refractivity contribution >= 4 is 0 Å². The summed E-state index contributed by atoms with van der Waals surface area (Å²) < 4.78 is 0. The van der Waals surface area contributed by atoms with Gasteiger partial charge in [0.05, 0.1) is 12.4 Å². The van der Waals surface area contributed by atoms with Gasteiger partial charge in [-0.2, -0.15) is 0 Å². The Morgan fingerprint density at radius 1 is 1.21 bits per heavy atom. The van der Waals surface area contributed by atoms with Crippen LogP contribution in [0.15, 0.2) is 36.8 Å². The highest BCUT2D eigenvalue weighted by molar-refractivity contribution is 5.47. The molecule has 1 saturated carbocycles. The summed E-state index contributed by atoms with van der Waals surface area (Å²) in [6.45, 7) is 0. The molecule has 1 aromatic heterocycles. The number of benzene rings is 1. The summed E-state index contributed by atoms with van der Waals surface area (Å²) in [6, 6.07) is 8.38. The lowest BCUT2D eigenvalue weighted by Gasteiger charge is -2.41. The van der Waals surface area contributed by atoms with Gasteiger partial charge in [-0.1, -0.05) is 37.1 Å². The molecule has 3 unspecified atom stereocenters. The molecular formula is C16H18N2O. The average molecular weight is 254 g/mol. The summed E-state index contributed by atoms with van der Waals surface area (Å²) in [6.07, 6.45) is 7.85. The van der Waals surface area contributed by atoms with Crippen molar-refractivity contribution in [2.24, 2.45) is 0 Å². The summed E-state index contributed by atoms with van der Waals surface area (Å²) >= 11 is 0. The third kappa shape index (κ3) is 1.34. The predicted molar refractivity (Wildman–Crippen MR) is 72.9 cm³/mol. The van der Waals surface area contributed by atoms with E-state index in [0.29, 0.717) is 5.92 Å². The lowest BCUT2D eigenvalue weighted by atomic mass is 9.64. The molecule has 98 valence electrons. The fourth-order valence-corrected chi connectivity index (χ4v) is 4.29. The van der Waals surface area contributed by atoms with Gasteiger partial charge in [-0.25, -0.2) is 4.98 Å². The molecule has 1 aromatic carbocycles. The van der Waals surface area contributed by atoms with Gasteiger partial charge in [0.1, 0.15) is 0 Å². The zero-order valence-corrected chi connectivity index (χ0v) is 10.8. The standard InChI is InChI=1S/C16H18N2O/c19-15-12-6-2-1-5-11(12)13-7-3-4-8-16(13,15)14-9-17-10-18-14/h1-2,5-6,9-10,13,15,19H,3-4,7-8H2,(H,17,18). The summed E-state index contributed by atoms with van der Waals surface area (Å²) in [5.41, 5.74) is 3.37. The molecular weight excluding hydrogens is 236 g/mol. The maximum Gasteiger partial charge on any atom is 0.0921 e.